The third-order valence-electron chi connectivity index (χ3n) is 4.15. The number of benzene rings is 1. The summed E-state index contributed by atoms with van der Waals surface area (Å²) in [6, 6.07) is 3.62. The monoisotopic (exact) mass is 491 g/mol. The Hall–Kier alpha value is -3.12. The fourth-order valence-corrected chi connectivity index (χ4v) is 3.26. The van der Waals surface area contributed by atoms with Crippen LogP contribution >= 0.6 is 23.2 Å². The Morgan fingerprint density at radius 3 is 2.31 bits per heavy atom. The summed E-state index contributed by atoms with van der Waals surface area (Å²) < 4.78 is 44.1. The van der Waals surface area contributed by atoms with Crippen LogP contribution in [0.4, 0.5) is 13.2 Å². The summed E-state index contributed by atoms with van der Waals surface area (Å²) in [5.41, 5.74) is -2.52. The second-order valence-electron chi connectivity index (χ2n) is 6.86. The van der Waals surface area contributed by atoms with Crippen molar-refractivity contribution >= 4 is 23.2 Å². The first-order valence-electron chi connectivity index (χ1n) is 8.90. The zero-order valence-electron chi connectivity index (χ0n) is 16.4. The maximum Gasteiger partial charge on any atom is 0.408 e. The SMILES string of the molecule is CC(C)c1cc(Oc2c(Cl)cc(-n3c(=O)cnn(CC(F)(F)F)c3=O)cc2Cl)n[nH]c1=O. The topological polar surface area (TPSA) is 112 Å². The molecular weight excluding hydrogens is 478 g/mol. The molecule has 3 rings (SSSR count). The number of hydrogen-bond donors (Lipinski definition) is 1. The highest BCUT2D eigenvalue weighted by molar-refractivity contribution is 6.37. The molecule has 0 spiro atoms. The van der Waals surface area contributed by atoms with E-state index >= 15 is 0 Å². The molecule has 0 fully saturated rings. The second kappa shape index (κ2) is 8.79. The number of ether oxygens (including phenoxy) is 1. The quantitative estimate of drug-likeness (QED) is 0.586. The molecule has 2 heterocycles. The van der Waals surface area contributed by atoms with Crippen molar-refractivity contribution in [1.82, 2.24) is 24.5 Å². The van der Waals surface area contributed by atoms with E-state index in [1.54, 1.807) is 13.8 Å². The first kappa shape index (κ1) is 23.5. The minimum Gasteiger partial charge on any atom is -0.434 e. The normalized spacial score (nSPS) is 11.8. The number of rotatable bonds is 5. The van der Waals surface area contributed by atoms with E-state index in [0.29, 0.717) is 16.3 Å². The van der Waals surface area contributed by atoms with Crippen LogP contribution in [0.25, 0.3) is 5.69 Å². The van der Waals surface area contributed by atoms with Gasteiger partial charge in [0.1, 0.15) is 12.7 Å². The standard InChI is InChI=1S/C18H14Cl2F3N5O4/c1-8(2)10-5-13(25-26-16(10)30)32-15-11(19)3-9(4-12(15)20)28-14(29)6-24-27(17(28)31)7-18(21,22)23/h3-6,8H,7H2,1-2H3,(H,26,30). The molecule has 32 heavy (non-hydrogen) atoms. The molecule has 9 nitrogen and oxygen atoms in total. The molecule has 2 aromatic heterocycles. The lowest BCUT2D eigenvalue weighted by atomic mass is 10.1. The minimum absolute atomic E-state index is 0.0292. The van der Waals surface area contributed by atoms with Gasteiger partial charge in [-0.25, -0.2) is 19.1 Å². The maximum absolute atomic E-state index is 12.7. The smallest absolute Gasteiger partial charge is 0.408 e. The first-order chi connectivity index (χ1) is 14.9. The Morgan fingerprint density at radius 2 is 1.75 bits per heavy atom. The summed E-state index contributed by atoms with van der Waals surface area (Å²) in [4.78, 5) is 36.4. The number of aromatic nitrogens is 5. The fraction of sp³-hybridized carbons (Fsp3) is 0.278. The van der Waals surface area contributed by atoms with E-state index in [-0.39, 0.29) is 38.0 Å². The van der Waals surface area contributed by atoms with Crippen LogP contribution in [-0.2, 0) is 6.54 Å². The summed E-state index contributed by atoms with van der Waals surface area (Å²) in [5, 5.41) is 8.92. The molecule has 3 aromatic rings. The summed E-state index contributed by atoms with van der Waals surface area (Å²) in [7, 11) is 0. The number of halogens is 5. The van der Waals surface area contributed by atoms with Crippen molar-refractivity contribution in [1.29, 1.82) is 0 Å². The van der Waals surface area contributed by atoms with E-state index < -0.39 is 29.5 Å². The van der Waals surface area contributed by atoms with Crippen molar-refractivity contribution in [2.24, 2.45) is 0 Å². The van der Waals surface area contributed by atoms with Gasteiger partial charge in [0.05, 0.1) is 15.7 Å². The van der Waals surface area contributed by atoms with Gasteiger partial charge in [-0.2, -0.15) is 18.3 Å². The summed E-state index contributed by atoms with van der Waals surface area (Å²) in [6.45, 7) is 1.90. The van der Waals surface area contributed by atoms with Gasteiger partial charge in [-0.1, -0.05) is 37.0 Å². The van der Waals surface area contributed by atoms with Crippen molar-refractivity contribution in [3.05, 3.63) is 71.2 Å². The van der Waals surface area contributed by atoms with Gasteiger partial charge in [-0.05, 0) is 18.1 Å². The highest BCUT2D eigenvalue weighted by Crippen LogP contribution is 2.37. The molecule has 0 aliphatic rings. The first-order valence-corrected chi connectivity index (χ1v) is 9.66. The molecule has 0 amide bonds. The molecule has 170 valence electrons. The lowest BCUT2D eigenvalue weighted by Crippen LogP contribution is -2.42. The van der Waals surface area contributed by atoms with Crippen molar-refractivity contribution in [2.45, 2.75) is 32.5 Å². The Balaban J connectivity index is 2.05. The van der Waals surface area contributed by atoms with Crippen LogP contribution < -0.4 is 21.5 Å². The van der Waals surface area contributed by atoms with Gasteiger partial charge in [0.25, 0.3) is 11.1 Å². The molecular formula is C18H14Cl2F3N5O4. The predicted molar refractivity (Wildman–Crippen MR) is 109 cm³/mol. The van der Waals surface area contributed by atoms with E-state index in [1.807, 2.05) is 0 Å². The third-order valence-corrected chi connectivity index (χ3v) is 4.71. The average molecular weight is 492 g/mol. The van der Waals surface area contributed by atoms with Crippen LogP contribution in [0.15, 0.2) is 38.8 Å². The Labute approximate surface area is 187 Å². The van der Waals surface area contributed by atoms with Gasteiger partial charge in [0, 0.05) is 11.6 Å². The van der Waals surface area contributed by atoms with E-state index in [0.717, 1.165) is 12.1 Å². The summed E-state index contributed by atoms with van der Waals surface area (Å²) >= 11 is 12.4. The number of nitrogens with zero attached hydrogens (tertiary/aromatic N) is 4. The highest BCUT2D eigenvalue weighted by atomic mass is 35.5. The van der Waals surface area contributed by atoms with Crippen LogP contribution in [0.3, 0.4) is 0 Å². The number of nitrogens with one attached hydrogen (secondary N) is 1. The van der Waals surface area contributed by atoms with Crippen LogP contribution in [0.1, 0.15) is 25.3 Å². The minimum atomic E-state index is -4.73. The van der Waals surface area contributed by atoms with Gasteiger partial charge in [-0.15, -0.1) is 5.10 Å². The molecule has 0 aliphatic carbocycles. The summed E-state index contributed by atoms with van der Waals surface area (Å²) in [5.74, 6) is -0.266. The van der Waals surface area contributed by atoms with Gasteiger partial charge in [0.15, 0.2) is 5.75 Å². The van der Waals surface area contributed by atoms with Crippen LogP contribution in [-0.4, -0.2) is 30.7 Å². The molecule has 0 bridgehead atoms. The molecule has 0 aliphatic heterocycles. The number of H-pyrrole nitrogens is 1. The van der Waals surface area contributed by atoms with E-state index in [2.05, 4.69) is 15.3 Å². The summed E-state index contributed by atoms with van der Waals surface area (Å²) in [6.07, 6.45) is -4.17. The Morgan fingerprint density at radius 1 is 1.12 bits per heavy atom. The van der Waals surface area contributed by atoms with Crippen molar-refractivity contribution in [2.75, 3.05) is 0 Å². The third kappa shape index (κ3) is 5.02. The lowest BCUT2D eigenvalue weighted by Gasteiger charge is -2.14. The van der Waals surface area contributed by atoms with Crippen LogP contribution in [0.5, 0.6) is 11.6 Å². The lowest BCUT2D eigenvalue weighted by molar-refractivity contribution is -0.143. The molecule has 0 radical (unpaired) electrons. The molecule has 1 N–H and O–H groups in total. The van der Waals surface area contributed by atoms with Crippen molar-refractivity contribution in [3.63, 3.8) is 0 Å². The van der Waals surface area contributed by atoms with Gasteiger partial charge in [0.2, 0.25) is 5.88 Å². The van der Waals surface area contributed by atoms with Crippen molar-refractivity contribution < 1.29 is 17.9 Å². The Kier molecular flexibility index (Phi) is 6.46. The molecule has 1 aromatic carbocycles. The molecule has 0 saturated carbocycles. The number of aromatic amines is 1. The molecule has 14 heteroatoms. The van der Waals surface area contributed by atoms with Crippen molar-refractivity contribution in [3.8, 4) is 17.3 Å². The Bertz CT molecular complexity index is 1320. The molecule has 0 atom stereocenters. The highest BCUT2D eigenvalue weighted by Gasteiger charge is 2.30. The average Bonchev–Trinajstić information content (AvgIpc) is 2.67. The predicted octanol–water partition coefficient (Wildman–Crippen LogP) is 3.26. The zero-order chi connectivity index (χ0) is 23.8. The maximum atomic E-state index is 12.7. The number of alkyl halides is 3. The number of hydrogen-bond acceptors (Lipinski definition) is 6. The van der Waals surface area contributed by atoms with Crippen LogP contribution in [0.2, 0.25) is 10.0 Å². The van der Waals surface area contributed by atoms with Gasteiger partial charge < -0.3 is 4.74 Å². The van der Waals surface area contributed by atoms with E-state index in [4.69, 9.17) is 27.9 Å². The van der Waals surface area contributed by atoms with Gasteiger partial charge >= 0.3 is 11.9 Å². The fourth-order valence-electron chi connectivity index (χ4n) is 2.71. The molecule has 0 saturated heterocycles. The zero-order valence-corrected chi connectivity index (χ0v) is 17.9. The van der Waals surface area contributed by atoms with E-state index in [9.17, 15) is 27.6 Å². The van der Waals surface area contributed by atoms with Gasteiger partial charge in [-0.3, -0.25) is 9.59 Å². The molecule has 0 unspecified atom stereocenters. The van der Waals surface area contributed by atoms with Crippen LogP contribution in [0, 0.1) is 0 Å². The van der Waals surface area contributed by atoms with E-state index in [1.165, 1.54) is 6.07 Å². The second-order valence-corrected chi connectivity index (χ2v) is 7.67. The largest absolute Gasteiger partial charge is 0.434 e.